The summed E-state index contributed by atoms with van der Waals surface area (Å²) in [6, 6.07) is 5.90. The molecule has 0 radical (unpaired) electrons. The molecular formula is C13H16N2O2. The molecule has 1 heterocycles. The van der Waals surface area contributed by atoms with E-state index in [1.165, 1.54) is 0 Å². The second kappa shape index (κ2) is 4.37. The summed E-state index contributed by atoms with van der Waals surface area (Å²) in [4.78, 5) is 0. The molecule has 0 saturated heterocycles. The Hall–Kier alpha value is -1.55. The SMILES string of the molecule is OC1CCCC(Oc2ccc3[nH]ncc3c2)C1. The monoisotopic (exact) mass is 232 g/mol. The second-order valence-corrected chi connectivity index (χ2v) is 4.68. The number of rotatable bonds is 2. The minimum Gasteiger partial charge on any atom is -0.490 e. The average Bonchev–Trinajstić information content (AvgIpc) is 2.76. The minimum atomic E-state index is -0.202. The molecule has 2 unspecified atom stereocenters. The van der Waals surface area contributed by atoms with Gasteiger partial charge in [-0.05, 0) is 37.5 Å². The Bertz CT molecular complexity index is 509. The van der Waals surface area contributed by atoms with Gasteiger partial charge >= 0.3 is 0 Å². The van der Waals surface area contributed by atoms with Gasteiger partial charge in [0.15, 0.2) is 0 Å². The molecule has 1 aromatic carbocycles. The number of hydrogen-bond donors (Lipinski definition) is 2. The number of nitrogens with zero attached hydrogens (tertiary/aromatic N) is 1. The summed E-state index contributed by atoms with van der Waals surface area (Å²) in [5.41, 5.74) is 1.01. The van der Waals surface area contributed by atoms with Crippen molar-refractivity contribution >= 4 is 10.9 Å². The summed E-state index contributed by atoms with van der Waals surface area (Å²) in [5, 5.41) is 17.5. The van der Waals surface area contributed by atoms with Gasteiger partial charge in [-0.3, -0.25) is 5.10 Å². The standard InChI is InChI=1S/C13H16N2O2/c16-10-2-1-3-11(7-10)17-12-4-5-13-9(6-12)8-14-15-13/h4-6,8,10-11,16H,1-3,7H2,(H,14,15). The highest BCUT2D eigenvalue weighted by atomic mass is 16.5. The Morgan fingerprint density at radius 2 is 2.29 bits per heavy atom. The van der Waals surface area contributed by atoms with Crippen molar-refractivity contribution in [2.45, 2.75) is 37.9 Å². The summed E-state index contributed by atoms with van der Waals surface area (Å²) in [5.74, 6) is 0.859. The maximum atomic E-state index is 9.60. The van der Waals surface area contributed by atoms with Crippen molar-refractivity contribution in [2.75, 3.05) is 0 Å². The fraction of sp³-hybridized carbons (Fsp3) is 0.462. The molecule has 0 aliphatic heterocycles. The molecule has 1 aliphatic carbocycles. The van der Waals surface area contributed by atoms with Gasteiger partial charge in [-0.25, -0.2) is 0 Å². The van der Waals surface area contributed by atoms with E-state index >= 15 is 0 Å². The number of hydrogen-bond acceptors (Lipinski definition) is 3. The highest BCUT2D eigenvalue weighted by Gasteiger charge is 2.21. The fourth-order valence-corrected chi connectivity index (χ4v) is 2.41. The summed E-state index contributed by atoms with van der Waals surface area (Å²) in [6.07, 6.45) is 5.44. The molecule has 17 heavy (non-hydrogen) atoms. The molecule has 0 spiro atoms. The molecular weight excluding hydrogens is 216 g/mol. The maximum absolute atomic E-state index is 9.60. The maximum Gasteiger partial charge on any atom is 0.120 e. The lowest BCUT2D eigenvalue weighted by Crippen LogP contribution is -2.28. The topological polar surface area (TPSA) is 58.1 Å². The van der Waals surface area contributed by atoms with Crippen molar-refractivity contribution in [2.24, 2.45) is 0 Å². The van der Waals surface area contributed by atoms with E-state index in [2.05, 4.69) is 10.2 Å². The Labute approximate surface area is 99.6 Å². The van der Waals surface area contributed by atoms with Crippen LogP contribution in [-0.2, 0) is 0 Å². The lowest BCUT2D eigenvalue weighted by Gasteiger charge is -2.26. The van der Waals surface area contributed by atoms with Crippen LogP contribution in [0.15, 0.2) is 24.4 Å². The van der Waals surface area contributed by atoms with Crippen LogP contribution in [0.4, 0.5) is 0 Å². The quantitative estimate of drug-likeness (QED) is 0.834. The van der Waals surface area contributed by atoms with Gasteiger partial charge in [0.05, 0.1) is 17.8 Å². The number of aromatic nitrogens is 2. The predicted molar refractivity (Wildman–Crippen MR) is 65.0 cm³/mol. The van der Waals surface area contributed by atoms with Gasteiger partial charge in [0.2, 0.25) is 0 Å². The molecule has 0 bridgehead atoms. The molecule has 2 N–H and O–H groups in total. The van der Waals surface area contributed by atoms with Gasteiger partial charge < -0.3 is 9.84 Å². The zero-order valence-corrected chi connectivity index (χ0v) is 9.60. The first-order valence-electron chi connectivity index (χ1n) is 6.09. The highest BCUT2D eigenvalue weighted by Crippen LogP contribution is 2.25. The number of fused-ring (bicyclic) bond motifs is 1. The van der Waals surface area contributed by atoms with Crippen molar-refractivity contribution in [3.63, 3.8) is 0 Å². The molecule has 2 aromatic rings. The smallest absolute Gasteiger partial charge is 0.120 e. The molecule has 1 fully saturated rings. The number of benzene rings is 1. The van der Waals surface area contributed by atoms with Crippen LogP contribution in [0.25, 0.3) is 10.9 Å². The third-order valence-electron chi connectivity index (χ3n) is 3.31. The minimum absolute atomic E-state index is 0.142. The fourth-order valence-electron chi connectivity index (χ4n) is 2.41. The van der Waals surface area contributed by atoms with E-state index < -0.39 is 0 Å². The number of ether oxygens (including phenoxy) is 1. The van der Waals surface area contributed by atoms with Crippen LogP contribution in [0.3, 0.4) is 0 Å². The highest BCUT2D eigenvalue weighted by molar-refractivity contribution is 5.79. The van der Waals surface area contributed by atoms with Gasteiger partial charge in [-0.2, -0.15) is 5.10 Å². The first kappa shape index (κ1) is 10.6. The van der Waals surface area contributed by atoms with E-state index in [0.29, 0.717) is 0 Å². The normalized spacial score (nSPS) is 25.0. The Balaban J connectivity index is 1.75. The van der Waals surface area contributed by atoms with Gasteiger partial charge in [-0.1, -0.05) is 0 Å². The van der Waals surface area contributed by atoms with Crippen LogP contribution in [0.5, 0.6) is 5.75 Å². The molecule has 1 saturated carbocycles. The molecule has 1 aliphatic rings. The van der Waals surface area contributed by atoms with Crippen molar-refractivity contribution < 1.29 is 9.84 Å². The molecule has 4 nitrogen and oxygen atoms in total. The Morgan fingerprint density at radius 3 is 3.18 bits per heavy atom. The van der Waals surface area contributed by atoms with Crippen LogP contribution in [0, 0.1) is 0 Å². The van der Waals surface area contributed by atoms with Crippen molar-refractivity contribution in [3.05, 3.63) is 24.4 Å². The van der Waals surface area contributed by atoms with E-state index in [0.717, 1.165) is 42.3 Å². The predicted octanol–water partition coefficient (Wildman–Crippen LogP) is 2.25. The van der Waals surface area contributed by atoms with Gasteiger partial charge in [0.1, 0.15) is 11.9 Å². The van der Waals surface area contributed by atoms with E-state index in [-0.39, 0.29) is 12.2 Å². The van der Waals surface area contributed by atoms with Crippen LogP contribution < -0.4 is 4.74 Å². The van der Waals surface area contributed by atoms with Crippen molar-refractivity contribution in [3.8, 4) is 5.75 Å². The van der Waals surface area contributed by atoms with E-state index in [9.17, 15) is 5.11 Å². The van der Waals surface area contributed by atoms with Crippen LogP contribution >= 0.6 is 0 Å². The lowest BCUT2D eigenvalue weighted by molar-refractivity contribution is 0.0537. The van der Waals surface area contributed by atoms with Gasteiger partial charge in [0, 0.05) is 11.8 Å². The molecule has 0 amide bonds. The molecule has 90 valence electrons. The summed E-state index contributed by atoms with van der Waals surface area (Å²) in [6.45, 7) is 0. The molecule has 1 aromatic heterocycles. The zero-order chi connectivity index (χ0) is 11.7. The molecule has 2 atom stereocenters. The average molecular weight is 232 g/mol. The largest absolute Gasteiger partial charge is 0.490 e. The Morgan fingerprint density at radius 1 is 1.35 bits per heavy atom. The Kier molecular flexibility index (Phi) is 2.73. The van der Waals surface area contributed by atoms with E-state index in [4.69, 9.17) is 4.74 Å². The van der Waals surface area contributed by atoms with E-state index in [1.807, 2.05) is 18.2 Å². The van der Waals surface area contributed by atoms with Crippen LogP contribution in [0.2, 0.25) is 0 Å². The van der Waals surface area contributed by atoms with Gasteiger partial charge in [-0.15, -0.1) is 0 Å². The molecule has 3 rings (SSSR count). The summed E-state index contributed by atoms with van der Waals surface area (Å²) in [7, 11) is 0. The summed E-state index contributed by atoms with van der Waals surface area (Å²) >= 11 is 0. The third kappa shape index (κ3) is 2.26. The van der Waals surface area contributed by atoms with Crippen molar-refractivity contribution in [1.29, 1.82) is 0 Å². The first-order chi connectivity index (χ1) is 8.31. The number of aliphatic hydroxyl groups excluding tert-OH is 1. The first-order valence-corrected chi connectivity index (χ1v) is 6.09. The van der Waals surface area contributed by atoms with Crippen LogP contribution in [0.1, 0.15) is 25.7 Å². The lowest BCUT2D eigenvalue weighted by atomic mass is 9.95. The number of aromatic amines is 1. The second-order valence-electron chi connectivity index (χ2n) is 4.68. The summed E-state index contributed by atoms with van der Waals surface area (Å²) < 4.78 is 5.90. The van der Waals surface area contributed by atoms with Gasteiger partial charge in [0.25, 0.3) is 0 Å². The zero-order valence-electron chi connectivity index (χ0n) is 9.60. The van der Waals surface area contributed by atoms with Crippen molar-refractivity contribution in [1.82, 2.24) is 10.2 Å². The van der Waals surface area contributed by atoms with E-state index in [1.54, 1.807) is 6.20 Å². The van der Waals surface area contributed by atoms with Crippen LogP contribution in [-0.4, -0.2) is 27.5 Å². The molecule has 4 heteroatoms. The third-order valence-corrected chi connectivity index (χ3v) is 3.31. The number of nitrogens with one attached hydrogen (secondary N) is 1. The number of H-pyrrole nitrogens is 1. The number of aliphatic hydroxyl groups is 1.